The van der Waals surface area contributed by atoms with Crippen molar-refractivity contribution >= 4 is 5.69 Å². The van der Waals surface area contributed by atoms with Gasteiger partial charge in [0.05, 0.1) is 0 Å². The molecule has 15 heavy (non-hydrogen) atoms. The number of anilines is 1. The third-order valence-electron chi connectivity index (χ3n) is 2.95. The molecule has 0 atom stereocenters. The molecule has 1 N–H and O–H groups in total. The Bertz CT molecular complexity index is 361. The minimum absolute atomic E-state index is 0.556. The van der Waals surface area contributed by atoms with Crippen LogP contribution in [0.25, 0.3) is 0 Å². The van der Waals surface area contributed by atoms with Gasteiger partial charge in [0.2, 0.25) is 0 Å². The standard InChI is InChI=1S/C14H19N/c1-10(2)13-6-4-5-7-14(13)15-11(3)12-8-9-12/h4-7,10,12,15H,3,8-9H2,1-2H3. The molecule has 0 radical (unpaired) electrons. The smallest absolute Gasteiger partial charge is 0.0416 e. The van der Waals surface area contributed by atoms with Gasteiger partial charge < -0.3 is 5.32 Å². The molecule has 0 aliphatic heterocycles. The molecule has 0 unspecified atom stereocenters. The van der Waals surface area contributed by atoms with Gasteiger partial charge in [0.25, 0.3) is 0 Å². The average Bonchev–Trinajstić information content (AvgIpc) is 3.01. The zero-order valence-corrected chi connectivity index (χ0v) is 9.59. The molecule has 80 valence electrons. The molecule has 1 aromatic carbocycles. The number of rotatable bonds is 4. The third kappa shape index (κ3) is 2.41. The number of benzene rings is 1. The summed E-state index contributed by atoms with van der Waals surface area (Å²) in [5.41, 5.74) is 3.78. The number of hydrogen-bond acceptors (Lipinski definition) is 1. The predicted molar refractivity (Wildman–Crippen MR) is 66.0 cm³/mol. The van der Waals surface area contributed by atoms with Crippen molar-refractivity contribution in [2.75, 3.05) is 5.32 Å². The first-order valence-corrected chi connectivity index (χ1v) is 5.73. The lowest BCUT2D eigenvalue weighted by molar-refractivity contribution is 0.866. The lowest BCUT2D eigenvalue weighted by atomic mass is 10.0. The summed E-state index contributed by atoms with van der Waals surface area (Å²) in [4.78, 5) is 0. The number of para-hydroxylation sites is 1. The Morgan fingerprint density at radius 2 is 2.00 bits per heavy atom. The first-order chi connectivity index (χ1) is 7.18. The second-order valence-electron chi connectivity index (χ2n) is 4.67. The number of allylic oxidation sites excluding steroid dienone is 1. The summed E-state index contributed by atoms with van der Waals surface area (Å²) in [5, 5.41) is 3.46. The van der Waals surface area contributed by atoms with Crippen LogP contribution in [0.4, 0.5) is 5.69 Å². The lowest BCUT2D eigenvalue weighted by Crippen LogP contribution is -2.03. The van der Waals surface area contributed by atoms with Gasteiger partial charge in [0, 0.05) is 11.4 Å². The quantitative estimate of drug-likeness (QED) is 0.771. The highest BCUT2D eigenvalue weighted by Crippen LogP contribution is 2.36. The fourth-order valence-electron chi connectivity index (χ4n) is 1.82. The summed E-state index contributed by atoms with van der Waals surface area (Å²) in [5.74, 6) is 1.27. The highest BCUT2D eigenvalue weighted by atomic mass is 14.9. The number of nitrogens with one attached hydrogen (secondary N) is 1. The molecule has 0 amide bonds. The molecule has 0 saturated heterocycles. The first kappa shape index (κ1) is 10.3. The van der Waals surface area contributed by atoms with Crippen LogP contribution in [0.1, 0.15) is 38.2 Å². The van der Waals surface area contributed by atoms with Crippen LogP contribution >= 0.6 is 0 Å². The molecule has 1 aliphatic carbocycles. The van der Waals surface area contributed by atoms with Crippen LogP contribution in [0, 0.1) is 5.92 Å². The minimum Gasteiger partial charge on any atom is -0.359 e. The molecule has 1 aliphatic rings. The van der Waals surface area contributed by atoms with Gasteiger partial charge in [0.15, 0.2) is 0 Å². The van der Waals surface area contributed by atoms with Gasteiger partial charge in [-0.05, 0) is 36.3 Å². The lowest BCUT2D eigenvalue weighted by Gasteiger charge is -2.15. The molecule has 1 nitrogen and oxygen atoms in total. The maximum absolute atomic E-state index is 4.10. The van der Waals surface area contributed by atoms with Crippen LogP contribution in [-0.4, -0.2) is 0 Å². The van der Waals surface area contributed by atoms with Crippen molar-refractivity contribution < 1.29 is 0 Å². The monoisotopic (exact) mass is 201 g/mol. The van der Waals surface area contributed by atoms with Crippen LogP contribution in [0.15, 0.2) is 36.5 Å². The predicted octanol–water partition coefficient (Wildman–Crippen LogP) is 4.15. The van der Waals surface area contributed by atoms with Crippen LogP contribution in [0.3, 0.4) is 0 Å². The van der Waals surface area contributed by atoms with Crippen molar-refractivity contribution in [1.82, 2.24) is 0 Å². The largest absolute Gasteiger partial charge is 0.359 e. The van der Waals surface area contributed by atoms with Gasteiger partial charge >= 0.3 is 0 Å². The van der Waals surface area contributed by atoms with Crippen molar-refractivity contribution in [2.45, 2.75) is 32.6 Å². The summed E-state index contributed by atoms with van der Waals surface area (Å²) < 4.78 is 0. The van der Waals surface area contributed by atoms with Gasteiger partial charge in [-0.1, -0.05) is 38.6 Å². The van der Waals surface area contributed by atoms with Gasteiger partial charge in [-0.15, -0.1) is 0 Å². The molecule has 1 aromatic rings. The second-order valence-corrected chi connectivity index (χ2v) is 4.67. The van der Waals surface area contributed by atoms with Crippen LogP contribution in [0.2, 0.25) is 0 Å². The van der Waals surface area contributed by atoms with Crippen LogP contribution in [-0.2, 0) is 0 Å². The molecule has 1 heteroatoms. The van der Waals surface area contributed by atoms with Crippen LogP contribution in [0.5, 0.6) is 0 Å². The van der Waals surface area contributed by atoms with E-state index in [0.29, 0.717) is 11.8 Å². The van der Waals surface area contributed by atoms with Crippen molar-refractivity contribution in [2.24, 2.45) is 5.92 Å². The van der Waals surface area contributed by atoms with E-state index in [4.69, 9.17) is 0 Å². The molecule has 0 spiro atoms. The van der Waals surface area contributed by atoms with Crippen molar-refractivity contribution in [3.05, 3.63) is 42.1 Å². The summed E-state index contributed by atoms with van der Waals surface area (Å²) >= 11 is 0. The molecule has 0 bridgehead atoms. The van der Waals surface area contributed by atoms with E-state index in [-0.39, 0.29) is 0 Å². The highest BCUT2D eigenvalue weighted by molar-refractivity contribution is 5.56. The van der Waals surface area contributed by atoms with Crippen LogP contribution < -0.4 is 5.32 Å². The molecule has 2 rings (SSSR count). The summed E-state index contributed by atoms with van der Waals surface area (Å²) in [6.07, 6.45) is 2.60. The molecule has 0 aromatic heterocycles. The Balaban J connectivity index is 2.15. The summed E-state index contributed by atoms with van der Waals surface area (Å²) in [6.45, 7) is 8.55. The Labute approximate surface area is 92.2 Å². The maximum Gasteiger partial charge on any atom is 0.0416 e. The van der Waals surface area contributed by atoms with E-state index in [1.165, 1.54) is 29.8 Å². The van der Waals surface area contributed by atoms with Crippen molar-refractivity contribution in [3.8, 4) is 0 Å². The highest BCUT2D eigenvalue weighted by Gasteiger charge is 2.24. The molecular formula is C14H19N. The van der Waals surface area contributed by atoms with Crippen molar-refractivity contribution in [3.63, 3.8) is 0 Å². The second kappa shape index (κ2) is 4.09. The van der Waals surface area contributed by atoms with E-state index in [2.05, 4.69) is 50.0 Å². The van der Waals surface area contributed by atoms with E-state index in [0.717, 1.165) is 0 Å². The summed E-state index contributed by atoms with van der Waals surface area (Å²) in [6, 6.07) is 8.50. The Hall–Kier alpha value is -1.24. The summed E-state index contributed by atoms with van der Waals surface area (Å²) in [7, 11) is 0. The molecular weight excluding hydrogens is 182 g/mol. The van der Waals surface area contributed by atoms with E-state index in [9.17, 15) is 0 Å². The van der Waals surface area contributed by atoms with Gasteiger partial charge in [0.1, 0.15) is 0 Å². The maximum atomic E-state index is 4.10. The molecule has 0 heterocycles. The molecule has 1 fully saturated rings. The van der Waals surface area contributed by atoms with E-state index in [1.54, 1.807) is 0 Å². The van der Waals surface area contributed by atoms with E-state index < -0.39 is 0 Å². The normalized spacial score (nSPS) is 15.4. The Morgan fingerprint density at radius 1 is 1.33 bits per heavy atom. The zero-order valence-electron chi connectivity index (χ0n) is 9.59. The first-order valence-electron chi connectivity index (χ1n) is 5.73. The number of hydrogen-bond donors (Lipinski definition) is 1. The van der Waals surface area contributed by atoms with Crippen molar-refractivity contribution in [1.29, 1.82) is 0 Å². The zero-order chi connectivity index (χ0) is 10.8. The Morgan fingerprint density at radius 3 is 2.60 bits per heavy atom. The molecule has 1 saturated carbocycles. The fourth-order valence-corrected chi connectivity index (χ4v) is 1.82. The third-order valence-corrected chi connectivity index (χ3v) is 2.95. The fraction of sp³-hybridized carbons (Fsp3) is 0.429. The van der Waals surface area contributed by atoms with Gasteiger partial charge in [-0.3, -0.25) is 0 Å². The van der Waals surface area contributed by atoms with E-state index >= 15 is 0 Å². The van der Waals surface area contributed by atoms with E-state index in [1.807, 2.05) is 0 Å². The van der Waals surface area contributed by atoms with Gasteiger partial charge in [-0.25, -0.2) is 0 Å². The topological polar surface area (TPSA) is 12.0 Å². The Kier molecular flexibility index (Phi) is 2.81. The minimum atomic E-state index is 0.556. The van der Waals surface area contributed by atoms with Gasteiger partial charge in [-0.2, -0.15) is 0 Å². The average molecular weight is 201 g/mol. The SMILES string of the molecule is C=C(Nc1ccccc1C(C)C)C1CC1.